The third-order valence-electron chi connectivity index (χ3n) is 3.05. The van der Waals surface area contributed by atoms with E-state index in [0.29, 0.717) is 11.9 Å². The second kappa shape index (κ2) is 4.33. The van der Waals surface area contributed by atoms with E-state index in [9.17, 15) is 0 Å². The maximum Gasteiger partial charge on any atom is 0.243 e. The van der Waals surface area contributed by atoms with Crippen molar-refractivity contribution in [3.8, 4) is 0 Å². The van der Waals surface area contributed by atoms with Crippen LogP contribution in [-0.2, 0) is 4.74 Å². The van der Waals surface area contributed by atoms with Gasteiger partial charge in [-0.3, -0.25) is 0 Å². The van der Waals surface area contributed by atoms with Crippen LogP contribution in [0.25, 0.3) is 5.65 Å². The summed E-state index contributed by atoms with van der Waals surface area (Å²) in [5.74, 6) is 1.28. The first-order valence-electron chi connectivity index (χ1n) is 5.96. The minimum absolute atomic E-state index is 0.586. The number of nitrogens with one attached hydrogen (secondary N) is 1. The number of rotatable bonds is 3. The van der Waals surface area contributed by atoms with Crippen LogP contribution in [0.5, 0.6) is 0 Å². The van der Waals surface area contributed by atoms with E-state index < -0.39 is 0 Å². The molecule has 0 bridgehead atoms. The van der Waals surface area contributed by atoms with Crippen LogP contribution in [-0.4, -0.2) is 34.4 Å². The minimum atomic E-state index is 0.586. The summed E-state index contributed by atoms with van der Waals surface area (Å²) in [5.41, 5.74) is 2.05. The number of aromatic nitrogens is 3. The molecule has 0 aromatic carbocycles. The summed E-state index contributed by atoms with van der Waals surface area (Å²) in [6, 6.07) is 4.02. The lowest BCUT2D eigenvalue weighted by Crippen LogP contribution is -2.14. The second-order valence-electron chi connectivity index (χ2n) is 4.56. The van der Waals surface area contributed by atoms with E-state index in [-0.39, 0.29) is 0 Å². The van der Waals surface area contributed by atoms with E-state index in [1.807, 2.05) is 29.8 Å². The Bertz CT molecular complexity index is 516. The van der Waals surface area contributed by atoms with Crippen LogP contribution in [0.3, 0.4) is 0 Å². The molecule has 1 atom stereocenters. The average Bonchev–Trinajstić information content (AvgIpc) is 2.94. The van der Waals surface area contributed by atoms with E-state index in [2.05, 4.69) is 15.4 Å². The predicted molar refractivity (Wildman–Crippen MR) is 65.1 cm³/mol. The van der Waals surface area contributed by atoms with Gasteiger partial charge in [-0.1, -0.05) is 6.07 Å². The van der Waals surface area contributed by atoms with Gasteiger partial charge in [0.25, 0.3) is 0 Å². The molecule has 17 heavy (non-hydrogen) atoms. The number of nitrogens with zero attached hydrogens (tertiary/aromatic N) is 3. The van der Waals surface area contributed by atoms with Gasteiger partial charge in [0, 0.05) is 25.3 Å². The van der Waals surface area contributed by atoms with Gasteiger partial charge in [0.2, 0.25) is 5.95 Å². The second-order valence-corrected chi connectivity index (χ2v) is 4.56. The molecule has 0 spiro atoms. The Kier molecular flexibility index (Phi) is 2.68. The largest absolute Gasteiger partial charge is 0.381 e. The van der Waals surface area contributed by atoms with Crippen LogP contribution in [0.1, 0.15) is 12.0 Å². The van der Waals surface area contributed by atoms with Gasteiger partial charge in [0.1, 0.15) is 0 Å². The first kappa shape index (κ1) is 10.5. The Morgan fingerprint density at radius 1 is 1.53 bits per heavy atom. The lowest BCUT2D eigenvalue weighted by Gasteiger charge is -2.06. The number of fused-ring (bicyclic) bond motifs is 1. The lowest BCUT2D eigenvalue weighted by molar-refractivity contribution is 0.187. The molecule has 0 saturated carbocycles. The summed E-state index contributed by atoms with van der Waals surface area (Å²) in [6.45, 7) is 4.66. The first-order valence-corrected chi connectivity index (χ1v) is 5.96. The summed E-state index contributed by atoms with van der Waals surface area (Å²) < 4.78 is 7.14. The van der Waals surface area contributed by atoms with Crippen LogP contribution < -0.4 is 5.32 Å². The highest BCUT2D eigenvalue weighted by atomic mass is 16.5. The molecule has 1 fully saturated rings. The van der Waals surface area contributed by atoms with Crippen molar-refractivity contribution in [2.24, 2.45) is 5.92 Å². The molecule has 90 valence electrons. The maximum absolute atomic E-state index is 5.33. The van der Waals surface area contributed by atoms with E-state index in [4.69, 9.17) is 4.74 Å². The molecule has 5 nitrogen and oxygen atoms in total. The van der Waals surface area contributed by atoms with Crippen LogP contribution in [0.2, 0.25) is 0 Å². The van der Waals surface area contributed by atoms with Gasteiger partial charge < -0.3 is 10.1 Å². The fourth-order valence-electron chi connectivity index (χ4n) is 2.04. The quantitative estimate of drug-likeness (QED) is 0.871. The Hall–Kier alpha value is -1.62. The summed E-state index contributed by atoms with van der Waals surface area (Å²) in [4.78, 5) is 4.41. The van der Waals surface area contributed by atoms with Crippen molar-refractivity contribution in [2.75, 3.05) is 25.1 Å². The molecule has 3 heterocycles. The maximum atomic E-state index is 5.33. The van der Waals surface area contributed by atoms with Crippen molar-refractivity contribution < 1.29 is 4.74 Å². The smallest absolute Gasteiger partial charge is 0.243 e. The van der Waals surface area contributed by atoms with Gasteiger partial charge in [-0.05, 0) is 25.0 Å². The standard InChI is InChI=1S/C12H16N4O/c1-9-2-3-11-14-12(15-16(11)7-9)13-6-10-4-5-17-8-10/h2-3,7,10H,4-6,8H2,1H3,(H,13,15). The molecule has 1 saturated heterocycles. The van der Waals surface area contributed by atoms with Gasteiger partial charge in [0.15, 0.2) is 5.65 Å². The summed E-state index contributed by atoms with van der Waals surface area (Å²) in [5, 5.41) is 7.66. The van der Waals surface area contributed by atoms with Crippen LogP contribution in [0.4, 0.5) is 5.95 Å². The molecule has 2 aromatic heterocycles. The highest BCUT2D eigenvalue weighted by Gasteiger charge is 2.15. The van der Waals surface area contributed by atoms with Gasteiger partial charge in [0.05, 0.1) is 6.61 Å². The zero-order chi connectivity index (χ0) is 11.7. The zero-order valence-electron chi connectivity index (χ0n) is 9.89. The summed E-state index contributed by atoms with van der Waals surface area (Å²) in [7, 11) is 0. The highest BCUT2D eigenvalue weighted by molar-refractivity contribution is 5.44. The number of hydrogen-bond acceptors (Lipinski definition) is 4. The van der Waals surface area contributed by atoms with Crippen LogP contribution in [0.15, 0.2) is 18.3 Å². The third-order valence-corrected chi connectivity index (χ3v) is 3.05. The number of anilines is 1. The molecule has 5 heteroatoms. The van der Waals surface area contributed by atoms with Crippen LogP contribution in [0, 0.1) is 12.8 Å². The Labute approximate surface area is 99.8 Å². The zero-order valence-corrected chi connectivity index (χ0v) is 9.89. The van der Waals surface area contributed by atoms with E-state index in [1.54, 1.807) is 0 Å². The molecule has 3 rings (SSSR count). The average molecular weight is 232 g/mol. The molecule has 2 aromatic rings. The van der Waals surface area contributed by atoms with Crippen molar-refractivity contribution in [3.05, 3.63) is 23.9 Å². The van der Waals surface area contributed by atoms with E-state index in [0.717, 1.165) is 31.8 Å². The number of pyridine rings is 1. The number of aryl methyl sites for hydroxylation is 1. The van der Waals surface area contributed by atoms with E-state index >= 15 is 0 Å². The van der Waals surface area contributed by atoms with Gasteiger partial charge in [-0.25, -0.2) is 4.52 Å². The first-order chi connectivity index (χ1) is 8.31. The van der Waals surface area contributed by atoms with Crippen molar-refractivity contribution >= 4 is 11.6 Å². The Morgan fingerprint density at radius 3 is 3.29 bits per heavy atom. The van der Waals surface area contributed by atoms with Gasteiger partial charge in [-0.15, -0.1) is 5.10 Å². The predicted octanol–water partition coefficient (Wildman–Crippen LogP) is 1.49. The third kappa shape index (κ3) is 2.24. The molecule has 1 unspecified atom stereocenters. The Morgan fingerprint density at radius 2 is 2.47 bits per heavy atom. The minimum Gasteiger partial charge on any atom is -0.381 e. The molecule has 1 aliphatic rings. The SMILES string of the molecule is Cc1ccc2nc(NCC3CCOC3)nn2c1. The van der Waals surface area contributed by atoms with Crippen molar-refractivity contribution in [3.63, 3.8) is 0 Å². The topological polar surface area (TPSA) is 51.5 Å². The molecule has 0 radical (unpaired) electrons. The fourth-order valence-corrected chi connectivity index (χ4v) is 2.04. The van der Waals surface area contributed by atoms with Crippen molar-refractivity contribution in [2.45, 2.75) is 13.3 Å². The monoisotopic (exact) mass is 232 g/mol. The molecular weight excluding hydrogens is 216 g/mol. The molecule has 0 aliphatic carbocycles. The van der Waals surface area contributed by atoms with Crippen molar-refractivity contribution in [1.82, 2.24) is 14.6 Å². The molecule has 0 amide bonds. The molecule has 1 N–H and O–H groups in total. The molecule has 1 aliphatic heterocycles. The van der Waals surface area contributed by atoms with Gasteiger partial charge >= 0.3 is 0 Å². The summed E-state index contributed by atoms with van der Waals surface area (Å²) in [6.07, 6.45) is 3.10. The molecular formula is C12H16N4O. The number of ether oxygens (including phenoxy) is 1. The Balaban J connectivity index is 1.72. The van der Waals surface area contributed by atoms with Gasteiger partial charge in [-0.2, -0.15) is 4.98 Å². The van der Waals surface area contributed by atoms with E-state index in [1.165, 1.54) is 5.56 Å². The lowest BCUT2D eigenvalue weighted by atomic mass is 10.1. The number of hydrogen-bond donors (Lipinski definition) is 1. The van der Waals surface area contributed by atoms with Crippen molar-refractivity contribution in [1.29, 1.82) is 0 Å². The fraction of sp³-hybridized carbons (Fsp3) is 0.500. The highest BCUT2D eigenvalue weighted by Crippen LogP contribution is 2.13. The van der Waals surface area contributed by atoms with Crippen LogP contribution >= 0.6 is 0 Å². The normalized spacial score (nSPS) is 19.9. The summed E-state index contributed by atoms with van der Waals surface area (Å²) >= 11 is 0.